The minimum absolute atomic E-state index is 0.0333. The van der Waals surface area contributed by atoms with Crippen molar-refractivity contribution in [3.8, 4) is 11.5 Å². The number of benzene rings is 2. The summed E-state index contributed by atoms with van der Waals surface area (Å²) < 4.78 is 10.5. The van der Waals surface area contributed by atoms with Gasteiger partial charge in [0.2, 0.25) is 0 Å². The molecule has 0 aliphatic rings. The summed E-state index contributed by atoms with van der Waals surface area (Å²) in [5.74, 6) is 0.185. The van der Waals surface area contributed by atoms with Crippen LogP contribution < -0.4 is 9.47 Å². The summed E-state index contributed by atoms with van der Waals surface area (Å²) in [6, 6.07) is 9.02. The zero-order chi connectivity index (χ0) is 17.0. The maximum Gasteiger partial charge on any atom is 0.349 e. The van der Waals surface area contributed by atoms with Crippen LogP contribution in [0.2, 0.25) is 5.02 Å². The SMILES string of the molecule is Cc1cc(OC(=O)COc2ccc([N+](=O)[O-])cc2C)ccc1Cl. The summed E-state index contributed by atoms with van der Waals surface area (Å²) in [5, 5.41) is 11.3. The molecule has 2 aromatic rings. The van der Waals surface area contributed by atoms with Gasteiger partial charge < -0.3 is 9.47 Å². The van der Waals surface area contributed by atoms with Crippen molar-refractivity contribution in [1.29, 1.82) is 0 Å². The zero-order valence-electron chi connectivity index (χ0n) is 12.5. The number of nitro benzene ring substituents is 1. The van der Waals surface area contributed by atoms with Gasteiger partial charge in [0.05, 0.1) is 4.92 Å². The molecule has 23 heavy (non-hydrogen) atoms. The Labute approximate surface area is 137 Å². The van der Waals surface area contributed by atoms with E-state index < -0.39 is 10.9 Å². The lowest BCUT2D eigenvalue weighted by Gasteiger charge is -2.09. The first-order valence-corrected chi connectivity index (χ1v) is 7.09. The van der Waals surface area contributed by atoms with E-state index in [1.807, 2.05) is 0 Å². The fourth-order valence-electron chi connectivity index (χ4n) is 1.89. The van der Waals surface area contributed by atoms with Gasteiger partial charge in [0.1, 0.15) is 11.5 Å². The molecule has 0 aliphatic heterocycles. The molecule has 0 aliphatic carbocycles. The molecule has 0 bridgehead atoms. The van der Waals surface area contributed by atoms with Crippen LogP contribution in [0.15, 0.2) is 36.4 Å². The van der Waals surface area contributed by atoms with Gasteiger partial charge >= 0.3 is 5.97 Å². The van der Waals surface area contributed by atoms with E-state index in [1.54, 1.807) is 32.0 Å². The second-order valence-corrected chi connectivity index (χ2v) is 5.29. The fraction of sp³-hybridized carbons (Fsp3) is 0.188. The third-order valence-corrected chi connectivity index (χ3v) is 3.50. The molecule has 2 aromatic carbocycles. The maximum absolute atomic E-state index is 11.8. The van der Waals surface area contributed by atoms with Crippen LogP contribution >= 0.6 is 11.6 Å². The lowest BCUT2D eigenvalue weighted by atomic mass is 10.2. The molecule has 0 unspecified atom stereocenters. The normalized spacial score (nSPS) is 10.2. The molecule has 0 radical (unpaired) electrons. The Morgan fingerprint density at radius 3 is 2.52 bits per heavy atom. The minimum atomic E-state index is -0.579. The highest BCUT2D eigenvalue weighted by Crippen LogP contribution is 2.24. The average Bonchev–Trinajstić information content (AvgIpc) is 2.49. The first kappa shape index (κ1) is 16.8. The number of hydrogen-bond acceptors (Lipinski definition) is 5. The Morgan fingerprint density at radius 2 is 1.91 bits per heavy atom. The number of ether oxygens (including phenoxy) is 2. The summed E-state index contributed by atoms with van der Waals surface area (Å²) >= 11 is 5.90. The molecule has 120 valence electrons. The van der Waals surface area contributed by atoms with Crippen molar-refractivity contribution in [3.63, 3.8) is 0 Å². The van der Waals surface area contributed by atoms with Gasteiger partial charge in [-0.3, -0.25) is 10.1 Å². The molecule has 0 heterocycles. The van der Waals surface area contributed by atoms with E-state index in [1.165, 1.54) is 18.2 Å². The van der Waals surface area contributed by atoms with Gasteiger partial charge in [-0.2, -0.15) is 0 Å². The second-order valence-electron chi connectivity index (χ2n) is 4.88. The predicted molar refractivity (Wildman–Crippen MR) is 85.2 cm³/mol. The topological polar surface area (TPSA) is 78.7 Å². The molecule has 0 atom stereocenters. The highest BCUT2D eigenvalue weighted by atomic mass is 35.5. The summed E-state index contributed by atoms with van der Waals surface area (Å²) in [5.41, 5.74) is 1.33. The molecule has 0 fully saturated rings. The first-order valence-electron chi connectivity index (χ1n) is 6.71. The van der Waals surface area contributed by atoms with E-state index in [-0.39, 0.29) is 12.3 Å². The maximum atomic E-state index is 11.8. The molecule has 0 N–H and O–H groups in total. The van der Waals surface area contributed by atoms with E-state index >= 15 is 0 Å². The van der Waals surface area contributed by atoms with Gasteiger partial charge in [0.25, 0.3) is 5.69 Å². The number of nitrogens with zero attached hydrogens (tertiary/aromatic N) is 1. The lowest BCUT2D eigenvalue weighted by Crippen LogP contribution is -2.18. The van der Waals surface area contributed by atoms with Crippen molar-refractivity contribution in [2.75, 3.05) is 6.61 Å². The molecule has 2 rings (SSSR count). The van der Waals surface area contributed by atoms with E-state index in [2.05, 4.69) is 0 Å². The fourth-order valence-corrected chi connectivity index (χ4v) is 2.00. The lowest BCUT2D eigenvalue weighted by molar-refractivity contribution is -0.384. The zero-order valence-corrected chi connectivity index (χ0v) is 13.3. The van der Waals surface area contributed by atoms with Crippen LogP contribution in [0.1, 0.15) is 11.1 Å². The molecule has 0 spiro atoms. The summed E-state index contributed by atoms with van der Waals surface area (Å²) in [6.07, 6.45) is 0. The van der Waals surface area contributed by atoms with Crippen molar-refractivity contribution >= 4 is 23.3 Å². The van der Waals surface area contributed by atoms with Crippen molar-refractivity contribution in [3.05, 3.63) is 62.7 Å². The molecular weight excluding hydrogens is 322 g/mol. The molecular formula is C16H14ClNO5. The van der Waals surface area contributed by atoms with Gasteiger partial charge in [-0.1, -0.05) is 11.6 Å². The highest BCUT2D eigenvalue weighted by Gasteiger charge is 2.11. The van der Waals surface area contributed by atoms with Crippen LogP contribution in [0.5, 0.6) is 11.5 Å². The molecule has 0 saturated heterocycles. The monoisotopic (exact) mass is 335 g/mol. The van der Waals surface area contributed by atoms with Crippen molar-refractivity contribution < 1.29 is 19.2 Å². The third kappa shape index (κ3) is 4.43. The molecule has 0 saturated carbocycles. The number of esters is 1. The van der Waals surface area contributed by atoms with E-state index in [0.717, 1.165) is 5.56 Å². The molecule has 0 aromatic heterocycles. The van der Waals surface area contributed by atoms with Crippen molar-refractivity contribution in [2.24, 2.45) is 0 Å². The van der Waals surface area contributed by atoms with Gasteiger partial charge in [-0.15, -0.1) is 0 Å². The Morgan fingerprint density at radius 1 is 1.17 bits per heavy atom. The van der Waals surface area contributed by atoms with Crippen LogP contribution in [0, 0.1) is 24.0 Å². The van der Waals surface area contributed by atoms with Crippen molar-refractivity contribution in [1.82, 2.24) is 0 Å². The second kappa shape index (κ2) is 7.11. The number of aryl methyl sites for hydroxylation is 2. The van der Waals surface area contributed by atoms with E-state index in [4.69, 9.17) is 21.1 Å². The van der Waals surface area contributed by atoms with Gasteiger partial charge in [0, 0.05) is 17.2 Å². The Balaban J connectivity index is 1.96. The number of halogens is 1. The van der Waals surface area contributed by atoms with Crippen LogP contribution in [0.3, 0.4) is 0 Å². The molecule has 7 heteroatoms. The van der Waals surface area contributed by atoms with Crippen LogP contribution in [0.4, 0.5) is 5.69 Å². The molecule has 6 nitrogen and oxygen atoms in total. The van der Waals surface area contributed by atoms with E-state index in [9.17, 15) is 14.9 Å². The number of carbonyl (C=O) groups is 1. The minimum Gasteiger partial charge on any atom is -0.482 e. The summed E-state index contributed by atoms with van der Waals surface area (Å²) in [4.78, 5) is 22.0. The number of rotatable bonds is 5. The quantitative estimate of drug-likeness (QED) is 0.359. The highest BCUT2D eigenvalue weighted by molar-refractivity contribution is 6.31. The largest absolute Gasteiger partial charge is 0.482 e. The van der Waals surface area contributed by atoms with Gasteiger partial charge in [-0.25, -0.2) is 4.79 Å². The van der Waals surface area contributed by atoms with Crippen molar-refractivity contribution in [2.45, 2.75) is 13.8 Å². The summed E-state index contributed by atoms with van der Waals surface area (Å²) in [6.45, 7) is 3.16. The third-order valence-electron chi connectivity index (χ3n) is 3.08. The number of hydrogen-bond donors (Lipinski definition) is 0. The van der Waals surface area contributed by atoms with Crippen LogP contribution in [-0.2, 0) is 4.79 Å². The number of non-ortho nitro benzene ring substituents is 1. The van der Waals surface area contributed by atoms with E-state index in [0.29, 0.717) is 22.1 Å². The standard InChI is InChI=1S/C16H14ClNO5/c1-10-8-13(4-5-14(10)17)23-16(19)9-22-15-6-3-12(18(20)21)7-11(15)2/h3-8H,9H2,1-2H3. The van der Waals surface area contributed by atoms with Gasteiger partial charge in [0.15, 0.2) is 6.61 Å². The number of carbonyl (C=O) groups excluding carboxylic acids is 1. The summed E-state index contributed by atoms with van der Waals surface area (Å²) in [7, 11) is 0. The van der Waals surface area contributed by atoms with Crippen LogP contribution in [0.25, 0.3) is 0 Å². The number of nitro groups is 1. The smallest absolute Gasteiger partial charge is 0.349 e. The van der Waals surface area contributed by atoms with Gasteiger partial charge in [-0.05, 0) is 49.2 Å². The molecule has 0 amide bonds. The Kier molecular flexibility index (Phi) is 5.18. The predicted octanol–water partition coefficient (Wildman–Crippen LogP) is 3.85. The Hall–Kier alpha value is -2.60. The van der Waals surface area contributed by atoms with Crippen LogP contribution in [-0.4, -0.2) is 17.5 Å². The first-order chi connectivity index (χ1) is 10.9. The Bertz CT molecular complexity index is 760. The average molecular weight is 336 g/mol.